The van der Waals surface area contributed by atoms with Crippen LogP contribution >= 0.6 is 0 Å². The molecule has 37 heavy (non-hydrogen) atoms. The van der Waals surface area contributed by atoms with Crippen molar-refractivity contribution in [2.24, 2.45) is 0 Å². The van der Waals surface area contributed by atoms with Crippen LogP contribution in [0.15, 0.2) is 61.1 Å². The lowest BCUT2D eigenvalue weighted by molar-refractivity contribution is -0.139. The Kier molecular flexibility index (Phi) is 6.82. The van der Waals surface area contributed by atoms with E-state index in [0.29, 0.717) is 22.9 Å². The highest BCUT2D eigenvalue weighted by atomic mass is 19.4. The van der Waals surface area contributed by atoms with Crippen LogP contribution in [0.1, 0.15) is 5.56 Å². The number of carbonyl (C=O) groups is 1. The average molecular weight is 520 g/mol. The topological polar surface area (TPSA) is 115 Å². The van der Waals surface area contributed by atoms with E-state index < -0.39 is 40.9 Å². The second kappa shape index (κ2) is 10.0. The molecule has 0 spiro atoms. The summed E-state index contributed by atoms with van der Waals surface area (Å²) < 4.78 is 85.3. The minimum Gasteiger partial charge on any atom is -0.424 e. The van der Waals surface area contributed by atoms with Crippen molar-refractivity contribution in [3.8, 4) is 22.9 Å². The summed E-state index contributed by atoms with van der Waals surface area (Å²) in [6, 6.07) is 6.76. The summed E-state index contributed by atoms with van der Waals surface area (Å²) in [5.41, 5.74) is 3.68. The first kappa shape index (κ1) is 25.2. The lowest BCUT2D eigenvalue weighted by atomic mass is 10.1. The SMILES string of the molecule is Nc1ncc(F)cc1-c1ccc(Oc2ncc(NC(=O)Nc3c(F)ccc(C(F)(F)F)c3F)cn2)cc1. The number of carbonyl (C=O) groups excluding carboxylic acids is 1. The van der Waals surface area contributed by atoms with Gasteiger partial charge in [-0.25, -0.2) is 32.9 Å². The predicted octanol–water partition coefficient (Wildman–Crippen LogP) is 5.99. The molecule has 0 aliphatic rings. The van der Waals surface area contributed by atoms with Crippen molar-refractivity contribution < 1.29 is 35.9 Å². The summed E-state index contributed by atoms with van der Waals surface area (Å²) >= 11 is 0. The van der Waals surface area contributed by atoms with Gasteiger partial charge in [-0.15, -0.1) is 0 Å². The van der Waals surface area contributed by atoms with E-state index in [1.807, 2.05) is 0 Å². The van der Waals surface area contributed by atoms with Gasteiger partial charge >= 0.3 is 18.2 Å². The number of amides is 2. The molecule has 0 atom stereocenters. The number of halogens is 6. The van der Waals surface area contributed by atoms with Gasteiger partial charge in [0.25, 0.3) is 0 Å². The van der Waals surface area contributed by atoms with Crippen LogP contribution in [0.5, 0.6) is 11.8 Å². The number of nitrogens with zero attached hydrogens (tertiary/aromatic N) is 3. The summed E-state index contributed by atoms with van der Waals surface area (Å²) in [4.78, 5) is 23.5. The Morgan fingerprint density at radius 1 is 0.892 bits per heavy atom. The van der Waals surface area contributed by atoms with Crippen LogP contribution < -0.4 is 21.1 Å². The molecule has 4 N–H and O–H groups in total. The molecule has 2 aromatic carbocycles. The van der Waals surface area contributed by atoms with E-state index in [1.165, 1.54) is 6.07 Å². The van der Waals surface area contributed by atoms with Crippen LogP contribution in [0.4, 0.5) is 48.3 Å². The number of aromatic nitrogens is 3. The molecule has 4 aromatic rings. The Morgan fingerprint density at radius 2 is 1.57 bits per heavy atom. The highest BCUT2D eigenvalue weighted by Crippen LogP contribution is 2.35. The summed E-state index contributed by atoms with van der Waals surface area (Å²) in [7, 11) is 0. The summed E-state index contributed by atoms with van der Waals surface area (Å²) in [6.07, 6.45) is -1.90. The third kappa shape index (κ3) is 5.86. The third-order valence-electron chi connectivity index (χ3n) is 4.78. The molecule has 0 aliphatic carbocycles. The average Bonchev–Trinajstić information content (AvgIpc) is 2.84. The molecule has 190 valence electrons. The zero-order chi connectivity index (χ0) is 26.7. The number of benzene rings is 2. The molecule has 0 fully saturated rings. The minimum atomic E-state index is -5.08. The van der Waals surface area contributed by atoms with Crippen molar-refractivity contribution >= 4 is 23.2 Å². The van der Waals surface area contributed by atoms with E-state index in [9.17, 15) is 31.1 Å². The Bertz CT molecular complexity index is 1450. The lowest BCUT2D eigenvalue weighted by Gasteiger charge is -2.13. The summed E-state index contributed by atoms with van der Waals surface area (Å²) in [6.45, 7) is 0. The first-order chi connectivity index (χ1) is 17.5. The van der Waals surface area contributed by atoms with Crippen molar-refractivity contribution in [1.82, 2.24) is 15.0 Å². The number of nitrogens with two attached hydrogens (primary N) is 1. The number of hydrogen-bond acceptors (Lipinski definition) is 6. The molecule has 14 heteroatoms. The number of anilines is 3. The van der Waals surface area contributed by atoms with Gasteiger partial charge in [0.1, 0.15) is 28.9 Å². The number of alkyl halides is 3. The number of rotatable bonds is 5. The molecule has 8 nitrogen and oxygen atoms in total. The largest absolute Gasteiger partial charge is 0.424 e. The van der Waals surface area contributed by atoms with Gasteiger partial charge < -0.3 is 21.1 Å². The van der Waals surface area contributed by atoms with E-state index in [1.54, 1.807) is 29.6 Å². The molecular formula is C23H14F6N6O2. The Morgan fingerprint density at radius 3 is 2.22 bits per heavy atom. The molecule has 0 radical (unpaired) electrons. The van der Waals surface area contributed by atoms with E-state index >= 15 is 0 Å². The van der Waals surface area contributed by atoms with E-state index in [0.717, 1.165) is 18.6 Å². The third-order valence-corrected chi connectivity index (χ3v) is 4.78. The standard InChI is InChI=1S/C23H14F6N6O2/c24-12-7-15(20(30)31-8-12)11-1-3-14(4-2-11)37-22-32-9-13(10-33-22)34-21(36)35-19-17(25)6-5-16(18(19)26)23(27,28)29/h1-10H,(H2,30,31)(H2,34,35,36). The van der Waals surface area contributed by atoms with Gasteiger partial charge in [0.2, 0.25) is 0 Å². The number of ether oxygens (including phenoxy) is 1. The first-order valence-corrected chi connectivity index (χ1v) is 10.2. The number of hydrogen-bond donors (Lipinski definition) is 3. The molecule has 2 amide bonds. The lowest BCUT2D eigenvalue weighted by Crippen LogP contribution is -2.22. The Labute approximate surface area is 204 Å². The number of urea groups is 1. The molecule has 0 aliphatic heterocycles. The van der Waals surface area contributed by atoms with Crippen LogP contribution in [0.3, 0.4) is 0 Å². The molecule has 0 unspecified atom stereocenters. The highest BCUT2D eigenvalue weighted by Gasteiger charge is 2.36. The van der Waals surface area contributed by atoms with Gasteiger partial charge in [-0.1, -0.05) is 12.1 Å². The van der Waals surface area contributed by atoms with Gasteiger partial charge in [0.05, 0.1) is 29.8 Å². The minimum absolute atomic E-state index is 0.0536. The fourth-order valence-corrected chi connectivity index (χ4v) is 3.08. The Hall–Kier alpha value is -4.88. The molecular weight excluding hydrogens is 506 g/mol. The molecule has 0 saturated carbocycles. The van der Waals surface area contributed by atoms with Crippen LogP contribution in [-0.4, -0.2) is 21.0 Å². The van der Waals surface area contributed by atoms with Crippen molar-refractivity contribution in [3.05, 3.63) is 84.1 Å². The number of pyridine rings is 1. The zero-order valence-electron chi connectivity index (χ0n) is 18.3. The predicted molar refractivity (Wildman–Crippen MR) is 120 cm³/mol. The van der Waals surface area contributed by atoms with Crippen molar-refractivity contribution in [2.45, 2.75) is 6.18 Å². The smallest absolute Gasteiger partial charge is 0.419 e. The fraction of sp³-hybridized carbons (Fsp3) is 0.0435. The van der Waals surface area contributed by atoms with Crippen molar-refractivity contribution in [1.29, 1.82) is 0 Å². The molecule has 4 rings (SSSR count). The maximum atomic E-state index is 14.1. The van der Waals surface area contributed by atoms with Crippen LogP contribution in [0.2, 0.25) is 0 Å². The molecule has 2 aromatic heterocycles. The van der Waals surface area contributed by atoms with Gasteiger partial charge in [0.15, 0.2) is 5.82 Å². The maximum absolute atomic E-state index is 14.1. The van der Waals surface area contributed by atoms with Crippen LogP contribution in [0.25, 0.3) is 11.1 Å². The van der Waals surface area contributed by atoms with E-state index in [4.69, 9.17) is 10.5 Å². The van der Waals surface area contributed by atoms with Crippen molar-refractivity contribution in [2.75, 3.05) is 16.4 Å². The second-order valence-corrected chi connectivity index (χ2v) is 7.33. The van der Waals surface area contributed by atoms with Crippen LogP contribution in [-0.2, 0) is 6.18 Å². The monoisotopic (exact) mass is 520 g/mol. The first-order valence-electron chi connectivity index (χ1n) is 10.2. The number of nitrogen functional groups attached to an aromatic ring is 1. The number of nitrogens with one attached hydrogen (secondary N) is 2. The van der Waals surface area contributed by atoms with Crippen LogP contribution in [0, 0.1) is 17.5 Å². The van der Waals surface area contributed by atoms with Gasteiger partial charge in [-0.3, -0.25) is 0 Å². The van der Waals surface area contributed by atoms with E-state index in [-0.39, 0.29) is 23.6 Å². The van der Waals surface area contributed by atoms with Gasteiger partial charge in [0, 0.05) is 5.56 Å². The fourth-order valence-electron chi connectivity index (χ4n) is 3.08. The maximum Gasteiger partial charge on any atom is 0.419 e. The Balaban J connectivity index is 1.40. The van der Waals surface area contributed by atoms with Crippen molar-refractivity contribution in [3.63, 3.8) is 0 Å². The molecule has 0 bridgehead atoms. The normalized spacial score (nSPS) is 11.2. The summed E-state index contributed by atoms with van der Waals surface area (Å²) in [5.74, 6) is -3.47. The van der Waals surface area contributed by atoms with Gasteiger partial charge in [-0.05, 0) is 35.9 Å². The summed E-state index contributed by atoms with van der Waals surface area (Å²) in [5, 5.41) is 3.83. The quantitative estimate of drug-likeness (QED) is 0.279. The van der Waals surface area contributed by atoms with E-state index in [2.05, 4.69) is 20.3 Å². The molecule has 2 heterocycles. The highest BCUT2D eigenvalue weighted by molar-refractivity contribution is 5.99. The second-order valence-electron chi connectivity index (χ2n) is 7.33. The molecule has 0 saturated heterocycles. The zero-order valence-corrected chi connectivity index (χ0v) is 18.3. The van der Waals surface area contributed by atoms with Gasteiger partial charge in [-0.2, -0.15) is 13.2 Å².